The van der Waals surface area contributed by atoms with Crippen LogP contribution < -0.4 is 11.2 Å². The number of thioether (sulfide) groups is 1. The van der Waals surface area contributed by atoms with Gasteiger partial charge >= 0.3 is 11.9 Å². The van der Waals surface area contributed by atoms with Crippen LogP contribution >= 0.6 is 11.8 Å². The Morgan fingerprint density at radius 1 is 1.12 bits per heavy atom. The molecule has 0 fully saturated rings. The molecular formula is C20H18F5N3O3S. The molecule has 0 amide bonds. The van der Waals surface area contributed by atoms with E-state index in [2.05, 4.69) is 4.98 Å². The summed E-state index contributed by atoms with van der Waals surface area (Å²) in [6.07, 6.45) is -5.00. The van der Waals surface area contributed by atoms with Crippen LogP contribution in [0.5, 0.6) is 0 Å². The summed E-state index contributed by atoms with van der Waals surface area (Å²) in [4.78, 5) is 29.8. The van der Waals surface area contributed by atoms with E-state index in [9.17, 15) is 36.6 Å². The van der Waals surface area contributed by atoms with Crippen LogP contribution in [0, 0.1) is 11.6 Å². The molecule has 1 heterocycles. The van der Waals surface area contributed by atoms with Crippen LogP contribution in [0.2, 0.25) is 0 Å². The van der Waals surface area contributed by atoms with Crippen molar-refractivity contribution in [2.24, 2.45) is 0 Å². The molecule has 0 radical (unpaired) electrons. The molecule has 3 N–H and O–H groups in total. The SMILES string of the molecule is CN(C)C(CO)CSc1c(-c2ccc(F)cc2F)c(C(F)(F)F)cc2c(=O)[nH]c(=O)[nH]c12. The Kier molecular flexibility index (Phi) is 6.77. The molecule has 2 aromatic carbocycles. The van der Waals surface area contributed by atoms with E-state index in [-0.39, 0.29) is 22.8 Å². The average Bonchev–Trinajstić information content (AvgIpc) is 2.67. The molecule has 0 saturated carbocycles. The molecular weight excluding hydrogens is 457 g/mol. The predicted molar refractivity (Wildman–Crippen MR) is 111 cm³/mol. The minimum absolute atomic E-state index is 0.0462. The molecule has 3 rings (SSSR count). The molecule has 1 unspecified atom stereocenters. The molecule has 12 heteroatoms. The van der Waals surface area contributed by atoms with Gasteiger partial charge in [-0.15, -0.1) is 11.8 Å². The summed E-state index contributed by atoms with van der Waals surface area (Å²) >= 11 is 0.808. The van der Waals surface area contributed by atoms with Crippen LogP contribution in [0.25, 0.3) is 22.0 Å². The Morgan fingerprint density at radius 2 is 1.81 bits per heavy atom. The molecule has 0 spiro atoms. The Bertz CT molecular complexity index is 1270. The zero-order chi connectivity index (χ0) is 23.8. The molecule has 0 aliphatic rings. The lowest BCUT2D eigenvalue weighted by atomic mass is 9.96. The summed E-state index contributed by atoms with van der Waals surface area (Å²) in [7, 11) is 3.30. The topological polar surface area (TPSA) is 89.2 Å². The molecule has 0 aliphatic carbocycles. The molecule has 6 nitrogen and oxygen atoms in total. The molecule has 3 aromatic rings. The van der Waals surface area contributed by atoms with Crippen molar-refractivity contribution >= 4 is 22.7 Å². The number of nitrogens with zero attached hydrogens (tertiary/aromatic N) is 1. The number of fused-ring (bicyclic) bond motifs is 1. The van der Waals surface area contributed by atoms with Crippen molar-refractivity contribution in [2.45, 2.75) is 17.1 Å². The third-order valence-corrected chi connectivity index (χ3v) is 6.11. The molecule has 1 atom stereocenters. The van der Waals surface area contributed by atoms with Crippen LogP contribution in [0.3, 0.4) is 0 Å². The largest absolute Gasteiger partial charge is 0.417 e. The van der Waals surface area contributed by atoms with E-state index in [1.807, 2.05) is 4.98 Å². The van der Waals surface area contributed by atoms with Gasteiger partial charge in [0.25, 0.3) is 5.56 Å². The highest BCUT2D eigenvalue weighted by atomic mass is 32.2. The van der Waals surface area contributed by atoms with Gasteiger partial charge in [0, 0.05) is 33.9 Å². The number of rotatable bonds is 6. The predicted octanol–water partition coefficient (Wildman–Crippen LogP) is 3.20. The third kappa shape index (κ3) is 4.71. The van der Waals surface area contributed by atoms with Gasteiger partial charge in [0.05, 0.1) is 23.1 Å². The number of halogens is 5. The lowest BCUT2D eigenvalue weighted by Crippen LogP contribution is -2.33. The number of H-pyrrole nitrogens is 2. The maximum atomic E-state index is 14.6. The van der Waals surface area contributed by atoms with E-state index in [1.165, 1.54) is 0 Å². The number of alkyl halides is 3. The van der Waals surface area contributed by atoms with E-state index in [0.717, 1.165) is 23.9 Å². The lowest BCUT2D eigenvalue weighted by molar-refractivity contribution is -0.137. The van der Waals surface area contributed by atoms with E-state index in [0.29, 0.717) is 12.1 Å². The van der Waals surface area contributed by atoms with Crippen molar-refractivity contribution < 1.29 is 27.1 Å². The Hall–Kier alpha value is -2.70. The van der Waals surface area contributed by atoms with Crippen molar-refractivity contribution in [2.75, 3.05) is 26.5 Å². The monoisotopic (exact) mass is 475 g/mol. The smallest absolute Gasteiger partial charge is 0.395 e. The van der Waals surface area contributed by atoms with Crippen molar-refractivity contribution in [3.63, 3.8) is 0 Å². The maximum absolute atomic E-state index is 14.6. The second-order valence-corrected chi connectivity index (χ2v) is 8.22. The summed E-state index contributed by atoms with van der Waals surface area (Å²) in [5.74, 6) is -2.17. The fourth-order valence-electron chi connectivity index (χ4n) is 3.15. The van der Waals surface area contributed by atoms with E-state index in [1.54, 1.807) is 19.0 Å². The highest BCUT2D eigenvalue weighted by Crippen LogP contribution is 2.45. The first-order chi connectivity index (χ1) is 14.9. The molecule has 1 aromatic heterocycles. The van der Waals surface area contributed by atoms with Crippen LogP contribution in [-0.2, 0) is 6.18 Å². The van der Waals surface area contributed by atoms with Crippen molar-refractivity contribution in [1.82, 2.24) is 14.9 Å². The van der Waals surface area contributed by atoms with Gasteiger partial charge in [-0.25, -0.2) is 13.6 Å². The highest BCUT2D eigenvalue weighted by Gasteiger charge is 2.37. The Balaban J connectivity index is 2.44. The zero-order valence-electron chi connectivity index (χ0n) is 16.8. The minimum atomic E-state index is -5.00. The van der Waals surface area contributed by atoms with Gasteiger partial charge in [-0.2, -0.15) is 13.2 Å². The van der Waals surface area contributed by atoms with Crippen molar-refractivity contribution in [3.8, 4) is 11.1 Å². The quantitative estimate of drug-likeness (QED) is 0.377. The first kappa shape index (κ1) is 24.0. The number of aliphatic hydroxyl groups excluding tert-OH is 1. The zero-order valence-corrected chi connectivity index (χ0v) is 17.6. The van der Waals surface area contributed by atoms with Crippen LogP contribution in [0.1, 0.15) is 5.56 Å². The molecule has 32 heavy (non-hydrogen) atoms. The molecule has 0 aliphatic heterocycles. The van der Waals surface area contributed by atoms with Gasteiger partial charge in [0.2, 0.25) is 0 Å². The number of aromatic nitrogens is 2. The van der Waals surface area contributed by atoms with Gasteiger partial charge < -0.3 is 15.0 Å². The molecule has 0 bridgehead atoms. The fraction of sp³-hybridized carbons (Fsp3) is 0.300. The van der Waals surface area contributed by atoms with Gasteiger partial charge in [-0.1, -0.05) is 0 Å². The van der Waals surface area contributed by atoms with Crippen LogP contribution in [0.4, 0.5) is 22.0 Å². The number of aliphatic hydroxyl groups is 1. The highest BCUT2D eigenvalue weighted by molar-refractivity contribution is 7.99. The maximum Gasteiger partial charge on any atom is 0.417 e. The van der Waals surface area contributed by atoms with E-state index < -0.39 is 57.2 Å². The van der Waals surface area contributed by atoms with E-state index in [4.69, 9.17) is 0 Å². The molecule has 172 valence electrons. The summed E-state index contributed by atoms with van der Waals surface area (Å²) in [6, 6.07) is 2.16. The fourth-order valence-corrected chi connectivity index (χ4v) is 4.58. The van der Waals surface area contributed by atoms with Crippen LogP contribution in [-0.4, -0.2) is 52.5 Å². The van der Waals surface area contributed by atoms with Crippen molar-refractivity contribution in [1.29, 1.82) is 0 Å². The lowest BCUT2D eigenvalue weighted by Gasteiger charge is -2.24. The number of hydrogen-bond donors (Lipinski definition) is 3. The summed E-state index contributed by atoms with van der Waals surface area (Å²) in [5.41, 5.74) is -4.72. The summed E-state index contributed by atoms with van der Waals surface area (Å²) in [5, 5.41) is 9.12. The number of benzene rings is 2. The third-order valence-electron chi connectivity index (χ3n) is 4.86. The van der Waals surface area contributed by atoms with Crippen LogP contribution in [0.15, 0.2) is 38.8 Å². The van der Waals surface area contributed by atoms with Gasteiger partial charge in [-0.3, -0.25) is 9.78 Å². The number of hydrogen-bond acceptors (Lipinski definition) is 5. The minimum Gasteiger partial charge on any atom is -0.395 e. The number of nitrogens with one attached hydrogen (secondary N) is 2. The number of aromatic amines is 2. The second kappa shape index (κ2) is 9.04. The van der Waals surface area contributed by atoms with Gasteiger partial charge in [0.1, 0.15) is 11.6 Å². The Labute approximate surface area is 182 Å². The Morgan fingerprint density at radius 3 is 2.38 bits per heavy atom. The summed E-state index contributed by atoms with van der Waals surface area (Å²) < 4.78 is 70.1. The average molecular weight is 475 g/mol. The van der Waals surface area contributed by atoms with Gasteiger partial charge in [0.15, 0.2) is 0 Å². The summed E-state index contributed by atoms with van der Waals surface area (Å²) in [6.45, 7) is -0.325. The standard InChI is InChI=1S/C20H18F5N3O3S/c1-28(2)10(7-29)8-32-17-15(11-4-3-9(21)5-14(11)22)13(20(23,24)25)6-12-16(17)26-19(31)27-18(12)30/h3-6,10,29H,7-8H2,1-2H3,(H2,26,27,30,31). The first-order valence-electron chi connectivity index (χ1n) is 9.20. The first-order valence-corrected chi connectivity index (χ1v) is 10.2. The van der Waals surface area contributed by atoms with E-state index >= 15 is 0 Å². The van der Waals surface area contributed by atoms with Gasteiger partial charge in [-0.05, 0) is 32.3 Å². The van der Waals surface area contributed by atoms with Crippen molar-refractivity contribution in [3.05, 3.63) is 62.3 Å². The second-order valence-electron chi connectivity index (χ2n) is 7.19. The normalized spacial score (nSPS) is 13.2. The number of likely N-dealkylation sites (N-methyl/N-ethyl adjacent to an activating group) is 1. The molecule has 0 saturated heterocycles.